The zero-order valence-electron chi connectivity index (χ0n) is 20.2. The molecule has 1 amide bonds. The number of hydrogen-bond acceptors (Lipinski definition) is 4. The second-order valence-corrected chi connectivity index (χ2v) is 8.93. The summed E-state index contributed by atoms with van der Waals surface area (Å²) in [7, 11) is 0. The lowest BCUT2D eigenvalue weighted by Crippen LogP contribution is -2.44. The van der Waals surface area contributed by atoms with Crippen LogP contribution in [0.25, 0.3) is 0 Å². The average Bonchev–Trinajstić information content (AvgIpc) is 2.82. The molecule has 0 unspecified atom stereocenters. The highest BCUT2D eigenvalue weighted by molar-refractivity contribution is 6.01. The lowest BCUT2D eigenvalue weighted by atomic mass is 9.89. The normalized spacial score (nSPS) is 11.2. The lowest BCUT2D eigenvalue weighted by Gasteiger charge is -2.29. The van der Waals surface area contributed by atoms with E-state index >= 15 is 0 Å². The number of nitrogens with two attached hydrogens (primary N) is 1. The Morgan fingerprint density at radius 2 is 1.56 bits per heavy atom. The molecule has 3 rings (SSSR count). The van der Waals surface area contributed by atoms with Gasteiger partial charge in [0.05, 0.1) is 5.92 Å². The van der Waals surface area contributed by atoms with Gasteiger partial charge in [-0.25, -0.2) is 4.79 Å². The number of amides is 1. The number of rotatable bonds is 10. The van der Waals surface area contributed by atoms with Crippen molar-refractivity contribution < 1.29 is 4.79 Å². The average molecular weight is 463 g/mol. The van der Waals surface area contributed by atoms with Crippen LogP contribution in [0.4, 0.5) is 11.5 Å². The summed E-state index contributed by atoms with van der Waals surface area (Å²) in [5, 5.41) is 0. The first-order chi connectivity index (χ1) is 16.3. The first-order valence-electron chi connectivity index (χ1n) is 11.9. The number of nitrogens with zero attached hydrogens (tertiary/aromatic N) is 2. The number of hydrogen-bond donors (Lipinski definition) is 2. The Balaban J connectivity index is 2.18. The van der Waals surface area contributed by atoms with Crippen molar-refractivity contribution in [1.82, 2.24) is 9.55 Å². The number of aromatic amines is 1. The van der Waals surface area contributed by atoms with E-state index in [0.717, 1.165) is 24.0 Å². The Morgan fingerprint density at radius 1 is 1.00 bits per heavy atom. The standard InChI is InChI=1S/C27H34N4O3/c1-4-5-17-31-24(28)23(25(32)29-27(31)34)30(18-16-19(2)3)26(33)22(20-12-8-6-9-13-20)21-14-10-7-11-15-21/h6-15,19,22H,4-5,16-18,28H2,1-3H3,(H,29,32,34). The molecule has 180 valence electrons. The zero-order valence-corrected chi connectivity index (χ0v) is 20.2. The van der Waals surface area contributed by atoms with E-state index in [2.05, 4.69) is 18.8 Å². The molecule has 0 saturated carbocycles. The third-order valence-electron chi connectivity index (χ3n) is 5.93. The van der Waals surface area contributed by atoms with Crippen molar-refractivity contribution in [2.24, 2.45) is 5.92 Å². The third kappa shape index (κ3) is 5.65. The molecule has 34 heavy (non-hydrogen) atoms. The van der Waals surface area contributed by atoms with Crippen LogP contribution in [0.1, 0.15) is 57.1 Å². The molecule has 1 aromatic heterocycles. The van der Waals surface area contributed by atoms with Crippen LogP contribution in [0.15, 0.2) is 70.3 Å². The molecule has 7 heteroatoms. The summed E-state index contributed by atoms with van der Waals surface area (Å²) in [6.07, 6.45) is 2.27. The Morgan fingerprint density at radius 3 is 2.06 bits per heavy atom. The number of benzene rings is 2. The van der Waals surface area contributed by atoms with Crippen molar-refractivity contribution in [3.8, 4) is 0 Å². The second-order valence-electron chi connectivity index (χ2n) is 8.93. The molecule has 0 radical (unpaired) electrons. The highest BCUT2D eigenvalue weighted by Crippen LogP contribution is 2.30. The molecule has 0 aliphatic carbocycles. The van der Waals surface area contributed by atoms with Crippen molar-refractivity contribution in [2.45, 2.75) is 52.5 Å². The number of anilines is 2. The summed E-state index contributed by atoms with van der Waals surface area (Å²) < 4.78 is 1.36. The van der Waals surface area contributed by atoms with E-state index in [1.165, 1.54) is 9.47 Å². The molecular weight excluding hydrogens is 428 g/mol. The Hall–Kier alpha value is -3.61. The van der Waals surface area contributed by atoms with Crippen LogP contribution in [-0.4, -0.2) is 22.0 Å². The molecule has 3 N–H and O–H groups in total. The molecule has 0 spiro atoms. The van der Waals surface area contributed by atoms with Crippen LogP contribution in [0, 0.1) is 5.92 Å². The summed E-state index contributed by atoms with van der Waals surface area (Å²) in [5.74, 6) is -0.548. The SMILES string of the molecule is CCCCn1c(N)c(N(CCC(C)C)C(=O)C(c2ccccc2)c2ccccc2)c(=O)[nH]c1=O. The van der Waals surface area contributed by atoms with Crippen LogP contribution in [0.2, 0.25) is 0 Å². The van der Waals surface area contributed by atoms with Gasteiger partial charge in [0.1, 0.15) is 5.82 Å². The molecule has 0 saturated heterocycles. The number of nitrogens with one attached hydrogen (secondary N) is 1. The summed E-state index contributed by atoms with van der Waals surface area (Å²) in [6, 6.07) is 19.0. The van der Waals surface area contributed by atoms with Gasteiger partial charge in [0, 0.05) is 13.1 Å². The number of H-pyrrole nitrogens is 1. The number of nitrogen functional groups attached to an aromatic ring is 1. The largest absolute Gasteiger partial charge is 0.383 e. The van der Waals surface area contributed by atoms with Gasteiger partial charge in [0.15, 0.2) is 5.69 Å². The third-order valence-corrected chi connectivity index (χ3v) is 5.93. The zero-order chi connectivity index (χ0) is 24.7. The van der Waals surface area contributed by atoms with Gasteiger partial charge in [-0.1, -0.05) is 87.9 Å². The molecule has 0 bridgehead atoms. The van der Waals surface area contributed by atoms with Crippen LogP contribution >= 0.6 is 0 Å². The molecule has 3 aromatic rings. The van der Waals surface area contributed by atoms with Crippen molar-refractivity contribution in [3.63, 3.8) is 0 Å². The van der Waals surface area contributed by atoms with E-state index in [1.54, 1.807) is 0 Å². The molecule has 0 fully saturated rings. The minimum atomic E-state index is -0.646. The van der Waals surface area contributed by atoms with Gasteiger partial charge in [0.2, 0.25) is 5.91 Å². The first kappa shape index (κ1) is 25.0. The van der Waals surface area contributed by atoms with Crippen LogP contribution < -0.4 is 21.9 Å². The van der Waals surface area contributed by atoms with Crippen LogP contribution in [0.3, 0.4) is 0 Å². The summed E-state index contributed by atoms with van der Waals surface area (Å²) in [5.41, 5.74) is 6.88. The number of carbonyl (C=O) groups is 1. The maximum absolute atomic E-state index is 14.2. The van der Waals surface area contributed by atoms with Crippen LogP contribution in [0.5, 0.6) is 0 Å². The van der Waals surface area contributed by atoms with Gasteiger partial charge in [-0.15, -0.1) is 0 Å². The molecule has 0 aliphatic rings. The number of carbonyl (C=O) groups excluding carboxylic acids is 1. The van der Waals surface area contributed by atoms with Gasteiger partial charge >= 0.3 is 5.69 Å². The highest BCUT2D eigenvalue weighted by Gasteiger charge is 2.32. The Kier molecular flexibility index (Phi) is 8.46. The summed E-state index contributed by atoms with van der Waals surface area (Å²) in [4.78, 5) is 43.6. The number of aromatic nitrogens is 2. The fourth-order valence-corrected chi connectivity index (χ4v) is 4.02. The van der Waals surface area contributed by atoms with Crippen molar-refractivity contribution in [2.75, 3.05) is 17.2 Å². The second kappa shape index (κ2) is 11.5. The highest BCUT2D eigenvalue weighted by atomic mass is 16.2. The van der Waals surface area contributed by atoms with Gasteiger partial charge < -0.3 is 10.6 Å². The van der Waals surface area contributed by atoms with Gasteiger partial charge in [0.25, 0.3) is 5.56 Å². The first-order valence-corrected chi connectivity index (χ1v) is 11.9. The van der Waals surface area contributed by atoms with E-state index in [0.29, 0.717) is 25.4 Å². The molecular formula is C27H34N4O3. The van der Waals surface area contributed by atoms with E-state index in [1.807, 2.05) is 67.6 Å². The van der Waals surface area contributed by atoms with E-state index in [9.17, 15) is 14.4 Å². The topological polar surface area (TPSA) is 101 Å². The smallest absolute Gasteiger partial charge is 0.330 e. The van der Waals surface area contributed by atoms with Crippen LogP contribution in [-0.2, 0) is 11.3 Å². The minimum Gasteiger partial charge on any atom is -0.383 e. The quantitative estimate of drug-likeness (QED) is 0.473. The molecule has 7 nitrogen and oxygen atoms in total. The summed E-state index contributed by atoms with van der Waals surface area (Å²) in [6.45, 7) is 6.81. The Bertz CT molecular complexity index is 1160. The van der Waals surface area contributed by atoms with E-state index in [-0.39, 0.29) is 17.4 Å². The lowest BCUT2D eigenvalue weighted by molar-refractivity contribution is -0.119. The predicted molar refractivity (Wildman–Crippen MR) is 137 cm³/mol. The molecule has 0 atom stereocenters. The van der Waals surface area contributed by atoms with E-state index in [4.69, 9.17) is 5.73 Å². The number of unbranched alkanes of at least 4 members (excludes halogenated alkanes) is 1. The molecule has 0 aliphatic heterocycles. The maximum Gasteiger partial charge on any atom is 0.330 e. The predicted octanol–water partition coefficient (Wildman–Crippen LogP) is 4.13. The molecule has 2 aromatic carbocycles. The summed E-state index contributed by atoms with van der Waals surface area (Å²) >= 11 is 0. The fraction of sp³-hybridized carbons (Fsp3) is 0.370. The monoisotopic (exact) mass is 462 g/mol. The van der Waals surface area contributed by atoms with Crippen molar-refractivity contribution >= 4 is 17.4 Å². The Labute approximate surface area is 200 Å². The fourth-order valence-electron chi connectivity index (χ4n) is 4.02. The van der Waals surface area contributed by atoms with Crippen molar-refractivity contribution in [1.29, 1.82) is 0 Å². The van der Waals surface area contributed by atoms with E-state index < -0.39 is 17.2 Å². The van der Waals surface area contributed by atoms with Gasteiger partial charge in [-0.3, -0.25) is 19.1 Å². The maximum atomic E-state index is 14.2. The van der Waals surface area contributed by atoms with Gasteiger partial charge in [-0.2, -0.15) is 0 Å². The minimum absolute atomic E-state index is 0.0270. The molecule has 1 heterocycles. The van der Waals surface area contributed by atoms with Gasteiger partial charge in [-0.05, 0) is 29.9 Å². The van der Waals surface area contributed by atoms with Crippen molar-refractivity contribution in [3.05, 3.63) is 92.6 Å².